The Morgan fingerprint density at radius 2 is 2.24 bits per heavy atom. The van der Waals surface area contributed by atoms with E-state index in [0.717, 1.165) is 30.6 Å². The van der Waals surface area contributed by atoms with Crippen LogP contribution in [0.3, 0.4) is 0 Å². The Morgan fingerprint density at radius 3 is 2.94 bits per heavy atom. The van der Waals surface area contributed by atoms with Gasteiger partial charge in [-0.05, 0) is 18.9 Å². The molecule has 0 radical (unpaired) electrons. The van der Waals surface area contributed by atoms with Crippen molar-refractivity contribution in [1.29, 1.82) is 0 Å². The zero-order valence-electron chi connectivity index (χ0n) is 10.3. The molecule has 2 atom stereocenters. The maximum atomic E-state index is 10.1. The predicted molar refractivity (Wildman–Crippen MR) is 68.8 cm³/mol. The van der Waals surface area contributed by atoms with Gasteiger partial charge < -0.3 is 15.7 Å². The van der Waals surface area contributed by atoms with Crippen LogP contribution in [0.2, 0.25) is 0 Å². The van der Waals surface area contributed by atoms with E-state index in [9.17, 15) is 5.11 Å². The third-order valence-electron chi connectivity index (χ3n) is 3.61. The van der Waals surface area contributed by atoms with Gasteiger partial charge in [0.1, 0.15) is 5.82 Å². The van der Waals surface area contributed by atoms with Gasteiger partial charge in [-0.25, -0.2) is 4.98 Å². The molecule has 2 rings (SSSR count). The third kappa shape index (κ3) is 2.58. The van der Waals surface area contributed by atoms with Crippen LogP contribution in [0.5, 0.6) is 0 Å². The van der Waals surface area contributed by atoms with E-state index in [1.165, 1.54) is 6.42 Å². The molecular weight excluding hydrogens is 214 g/mol. The van der Waals surface area contributed by atoms with Crippen molar-refractivity contribution in [2.75, 3.05) is 11.9 Å². The molecule has 0 saturated heterocycles. The lowest BCUT2D eigenvalue weighted by Crippen LogP contribution is -2.44. The number of aliphatic hydroxyl groups excluding tert-OH is 1. The zero-order chi connectivity index (χ0) is 12.3. The Hall–Kier alpha value is -1.13. The highest BCUT2D eigenvalue weighted by Crippen LogP contribution is 2.27. The number of aliphatic hydroxyl groups is 1. The summed E-state index contributed by atoms with van der Waals surface area (Å²) in [5.74, 6) is 0.904. The number of aromatic nitrogens is 1. The van der Waals surface area contributed by atoms with Crippen molar-refractivity contribution < 1.29 is 5.11 Å². The Labute approximate surface area is 102 Å². The van der Waals surface area contributed by atoms with E-state index in [4.69, 9.17) is 5.73 Å². The van der Waals surface area contributed by atoms with Crippen molar-refractivity contribution in [3.8, 4) is 0 Å². The first-order chi connectivity index (χ1) is 8.24. The highest BCUT2D eigenvalue weighted by molar-refractivity contribution is 5.47. The lowest BCUT2D eigenvalue weighted by Gasteiger charge is -2.36. The molecule has 1 aromatic rings. The normalized spacial score (nSPS) is 24.6. The molecule has 1 aliphatic rings. The summed E-state index contributed by atoms with van der Waals surface area (Å²) in [6.45, 7) is 0.482. The fourth-order valence-electron chi connectivity index (χ4n) is 2.61. The number of nitrogens with two attached hydrogens (primary N) is 1. The van der Waals surface area contributed by atoms with Crippen molar-refractivity contribution in [2.45, 2.75) is 44.4 Å². The van der Waals surface area contributed by atoms with E-state index < -0.39 is 0 Å². The van der Waals surface area contributed by atoms with E-state index >= 15 is 0 Å². The molecule has 0 spiro atoms. The summed E-state index contributed by atoms with van der Waals surface area (Å²) < 4.78 is 0. The molecule has 1 heterocycles. The van der Waals surface area contributed by atoms with Gasteiger partial charge in [-0.3, -0.25) is 0 Å². The van der Waals surface area contributed by atoms with Crippen LogP contribution in [0.25, 0.3) is 0 Å². The Bertz CT molecular complexity index is 369. The second kappa shape index (κ2) is 5.47. The van der Waals surface area contributed by atoms with Crippen LogP contribution in [0.1, 0.15) is 31.2 Å². The van der Waals surface area contributed by atoms with Crippen LogP contribution < -0.4 is 10.6 Å². The molecular formula is C13H21N3O. The minimum Gasteiger partial charge on any atom is -0.391 e. The number of pyridine rings is 1. The predicted octanol–water partition coefficient (Wildman–Crippen LogP) is 1.28. The highest BCUT2D eigenvalue weighted by Gasteiger charge is 2.28. The third-order valence-corrected chi connectivity index (χ3v) is 3.61. The number of likely N-dealkylation sites (N-methyl/N-ethyl adjacent to an activating group) is 1. The first-order valence-electron chi connectivity index (χ1n) is 6.29. The van der Waals surface area contributed by atoms with Crippen LogP contribution in [0, 0.1) is 0 Å². The van der Waals surface area contributed by atoms with Gasteiger partial charge in [-0.1, -0.05) is 18.9 Å². The first kappa shape index (κ1) is 12.3. The van der Waals surface area contributed by atoms with E-state index in [0.29, 0.717) is 6.54 Å². The molecule has 4 heteroatoms. The molecule has 1 aromatic heterocycles. The van der Waals surface area contributed by atoms with Crippen LogP contribution in [0.4, 0.5) is 5.82 Å². The number of hydrogen-bond acceptors (Lipinski definition) is 4. The Kier molecular flexibility index (Phi) is 3.97. The zero-order valence-corrected chi connectivity index (χ0v) is 10.3. The van der Waals surface area contributed by atoms with Crippen LogP contribution >= 0.6 is 0 Å². The first-order valence-corrected chi connectivity index (χ1v) is 6.29. The minimum absolute atomic E-state index is 0.170. The fourth-order valence-corrected chi connectivity index (χ4v) is 2.61. The quantitative estimate of drug-likeness (QED) is 0.828. The van der Waals surface area contributed by atoms with Gasteiger partial charge in [0.25, 0.3) is 0 Å². The molecule has 0 aliphatic heterocycles. The van der Waals surface area contributed by atoms with Gasteiger partial charge >= 0.3 is 0 Å². The molecule has 1 aliphatic carbocycles. The lowest BCUT2D eigenvalue weighted by molar-refractivity contribution is 0.106. The number of rotatable bonds is 3. The molecule has 0 aromatic carbocycles. The number of nitrogens with zero attached hydrogens (tertiary/aromatic N) is 2. The number of hydrogen-bond donors (Lipinski definition) is 2. The molecule has 4 nitrogen and oxygen atoms in total. The average Bonchev–Trinajstić information content (AvgIpc) is 2.38. The highest BCUT2D eigenvalue weighted by atomic mass is 16.3. The lowest BCUT2D eigenvalue weighted by atomic mass is 9.91. The summed E-state index contributed by atoms with van der Waals surface area (Å²) in [7, 11) is 2.00. The van der Waals surface area contributed by atoms with E-state index in [1.807, 2.05) is 19.2 Å². The van der Waals surface area contributed by atoms with E-state index in [1.54, 1.807) is 6.20 Å². The summed E-state index contributed by atoms with van der Waals surface area (Å²) in [5, 5.41) is 10.1. The van der Waals surface area contributed by atoms with Crippen molar-refractivity contribution in [1.82, 2.24) is 4.98 Å². The van der Waals surface area contributed by atoms with Gasteiger partial charge in [-0.15, -0.1) is 0 Å². The maximum Gasteiger partial charge on any atom is 0.133 e. The van der Waals surface area contributed by atoms with Crippen LogP contribution in [-0.4, -0.2) is 29.3 Å². The smallest absolute Gasteiger partial charge is 0.133 e. The van der Waals surface area contributed by atoms with Gasteiger partial charge in [0.05, 0.1) is 12.1 Å². The second-order valence-electron chi connectivity index (χ2n) is 4.72. The Balaban J connectivity index is 2.20. The van der Waals surface area contributed by atoms with E-state index in [-0.39, 0.29) is 12.1 Å². The molecule has 0 bridgehead atoms. The number of anilines is 1. The van der Waals surface area contributed by atoms with Crippen molar-refractivity contribution in [2.24, 2.45) is 5.73 Å². The molecule has 94 valence electrons. The van der Waals surface area contributed by atoms with E-state index in [2.05, 4.69) is 9.88 Å². The maximum absolute atomic E-state index is 10.1. The summed E-state index contributed by atoms with van der Waals surface area (Å²) in [6, 6.07) is 4.06. The van der Waals surface area contributed by atoms with Gasteiger partial charge in [-0.2, -0.15) is 0 Å². The van der Waals surface area contributed by atoms with Gasteiger partial charge in [0.2, 0.25) is 0 Å². The van der Waals surface area contributed by atoms with Gasteiger partial charge in [0, 0.05) is 25.4 Å². The average molecular weight is 235 g/mol. The topological polar surface area (TPSA) is 62.4 Å². The summed E-state index contributed by atoms with van der Waals surface area (Å²) in [4.78, 5) is 6.48. The SMILES string of the molecule is CN(c1ncccc1CN)C1CCCCC1O. The molecule has 1 saturated carbocycles. The molecule has 1 fully saturated rings. The van der Waals surface area contributed by atoms with Gasteiger partial charge in [0.15, 0.2) is 0 Å². The monoisotopic (exact) mass is 235 g/mol. The van der Waals surface area contributed by atoms with Crippen molar-refractivity contribution in [3.63, 3.8) is 0 Å². The summed E-state index contributed by atoms with van der Waals surface area (Å²) in [6.07, 6.45) is 5.74. The summed E-state index contributed by atoms with van der Waals surface area (Å²) in [5.41, 5.74) is 6.76. The second-order valence-corrected chi connectivity index (χ2v) is 4.72. The summed E-state index contributed by atoms with van der Waals surface area (Å²) >= 11 is 0. The standard InChI is InChI=1S/C13H21N3O/c1-16(11-6-2-3-7-12(11)17)13-10(9-14)5-4-8-15-13/h4-5,8,11-12,17H,2-3,6-7,9,14H2,1H3. The molecule has 17 heavy (non-hydrogen) atoms. The largest absolute Gasteiger partial charge is 0.391 e. The fraction of sp³-hybridized carbons (Fsp3) is 0.615. The van der Waals surface area contributed by atoms with Crippen molar-refractivity contribution >= 4 is 5.82 Å². The molecule has 3 N–H and O–H groups in total. The minimum atomic E-state index is -0.249. The molecule has 0 amide bonds. The molecule has 2 unspecified atom stereocenters. The van der Waals surface area contributed by atoms with Crippen LogP contribution in [0.15, 0.2) is 18.3 Å². The van der Waals surface area contributed by atoms with Crippen molar-refractivity contribution in [3.05, 3.63) is 23.9 Å². The van der Waals surface area contributed by atoms with Crippen LogP contribution in [-0.2, 0) is 6.54 Å². The Morgan fingerprint density at radius 1 is 1.47 bits per heavy atom.